The standard InChI is InChI=1S/C25H36N4O3.HI/c1-19-6-9-21(24(15-19)32-18-23-5-4-13-31-23)17-29-25(26-2)28-16-20-7-10-22(11-8-20)27-12-14-30-3;/h6-11,15,23,27H,4-5,12-14,16-18H2,1-3H3,(H2,26,28,29);1H. The number of halogens is 1. The van der Waals surface area contributed by atoms with Gasteiger partial charge >= 0.3 is 0 Å². The van der Waals surface area contributed by atoms with Gasteiger partial charge in [-0.3, -0.25) is 4.99 Å². The highest BCUT2D eigenvalue weighted by Crippen LogP contribution is 2.22. The first kappa shape index (κ1) is 27.2. The maximum Gasteiger partial charge on any atom is 0.191 e. The highest BCUT2D eigenvalue weighted by Gasteiger charge is 2.17. The first-order chi connectivity index (χ1) is 15.7. The molecule has 0 radical (unpaired) electrons. The van der Waals surface area contributed by atoms with Crippen LogP contribution in [-0.4, -0.2) is 52.6 Å². The van der Waals surface area contributed by atoms with Crippen molar-refractivity contribution in [2.45, 2.75) is 39.0 Å². The highest BCUT2D eigenvalue weighted by atomic mass is 127. The molecule has 1 fully saturated rings. The molecule has 3 N–H and O–H groups in total. The maximum atomic E-state index is 6.10. The number of ether oxygens (including phenoxy) is 3. The second kappa shape index (κ2) is 15.0. The van der Waals surface area contributed by atoms with Crippen LogP contribution < -0.4 is 20.7 Å². The topological polar surface area (TPSA) is 76.1 Å². The van der Waals surface area contributed by atoms with Crippen molar-refractivity contribution in [3.05, 3.63) is 59.2 Å². The van der Waals surface area contributed by atoms with E-state index in [9.17, 15) is 0 Å². The number of benzene rings is 2. The lowest BCUT2D eigenvalue weighted by molar-refractivity contribution is 0.0676. The molecule has 1 unspecified atom stereocenters. The number of nitrogens with zero attached hydrogens (tertiary/aromatic N) is 1. The molecule has 0 bridgehead atoms. The quantitative estimate of drug-likeness (QED) is 0.164. The van der Waals surface area contributed by atoms with Crippen LogP contribution in [0.4, 0.5) is 5.69 Å². The largest absolute Gasteiger partial charge is 0.491 e. The third kappa shape index (κ3) is 9.38. The van der Waals surface area contributed by atoms with Crippen LogP contribution in [0.2, 0.25) is 0 Å². The van der Waals surface area contributed by atoms with Gasteiger partial charge in [0.15, 0.2) is 5.96 Å². The highest BCUT2D eigenvalue weighted by molar-refractivity contribution is 14.0. The van der Waals surface area contributed by atoms with E-state index in [1.807, 2.05) is 0 Å². The van der Waals surface area contributed by atoms with E-state index >= 15 is 0 Å². The summed E-state index contributed by atoms with van der Waals surface area (Å²) in [5, 5.41) is 10.1. The normalized spacial score (nSPS) is 15.6. The lowest BCUT2D eigenvalue weighted by Crippen LogP contribution is -2.36. The summed E-state index contributed by atoms with van der Waals surface area (Å²) in [6.45, 7) is 6.31. The Bertz CT molecular complexity index is 855. The number of hydrogen-bond donors (Lipinski definition) is 3. The zero-order chi connectivity index (χ0) is 22.6. The van der Waals surface area contributed by atoms with Crippen molar-refractivity contribution in [2.75, 3.05) is 45.8 Å². The fourth-order valence-corrected chi connectivity index (χ4v) is 3.52. The van der Waals surface area contributed by atoms with Gasteiger partial charge in [0.1, 0.15) is 12.4 Å². The molecule has 33 heavy (non-hydrogen) atoms. The molecule has 1 atom stereocenters. The van der Waals surface area contributed by atoms with E-state index in [1.165, 1.54) is 11.1 Å². The van der Waals surface area contributed by atoms with Crippen LogP contribution in [0, 0.1) is 6.92 Å². The fraction of sp³-hybridized carbons (Fsp3) is 0.480. The van der Waals surface area contributed by atoms with Gasteiger partial charge in [0.25, 0.3) is 0 Å². The van der Waals surface area contributed by atoms with E-state index in [0.29, 0.717) is 26.3 Å². The Hall–Kier alpha value is -2.04. The Morgan fingerprint density at radius 2 is 1.91 bits per heavy atom. The number of guanidine groups is 1. The molecule has 0 aromatic heterocycles. The molecule has 0 saturated carbocycles. The van der Waals surface area contributed by atoms with Crippen LogP contribution in [0.5, 0.6) is 5.75 Å². The lowest BCUT2D eigenvalue weighted by Gasteiger charge is -2.17. The molecule has 2 aromatic rings. The third-order valence-corrected chi connectivity index (χ3v) is 5.39. The third-order valence-electron chi connectivity index (χ3n) is 5.39. The summed E-state index contributed by atoms with van der Waals surface area (Å²) in [6.07, 6.45) is 2.39. The van der Waals surface area contributed by atoms with Crippen molar-refractivity contribution >= 4 is 35.6 Å². The first-order valence-corrected chi connectivity index (χ1v) is 11.3. The Morgan fingerprint density at radius 3 is 2.61 bits per heavy atom. The molecule has 0 aliphatic carbocycles. The number of aliphatic imine (C=N–C) groups is 1. The van der Waals surface area contributed by atoms with Gasteiger partial charge < -0.3 is 30.2 Å². The van der Waals surface area contributed by atoms with Crippen molar-refractivity contribution in [1.29, 1.82) is 0 Å². The van der Waals surface area contributed by atoms with E-state index in [2.05, 4.69) is 70.3 Å². The predicted octanol–water partition coefficient (Wildman–Crippen LogP) is 4.09. The first-order valence-electron chi connectivity index (χ1n) is 11.3. The molecule has 1 aliphatic heterocycles. The van der Waals surface area contributed by atoms with Crippen molar-refractivity contribution in [3.63, 3.8) is 0 Å². The summed E-state index contributed by atoms with van der Waals surface area (Å²) in [5.41, 5.74) is 4.55. The fourth-order valence-electron chi connectivity index (χ4n) is 3.52. The van der Waals surface area contributed by atoms with Crippen molar-refractivity contribution < 1.29 is 14.2 Å². The number of rotatable bonds is 11. The average Bonchev–Trinajstić information content (AvgIpc) is 3.33. The molecule has 1 saturated heterocycles. The van der Waals surface area contributed by atoms with Gasteiger partial charge in [0.05, 0.1) is 12.7 Å². The summed E-state index contributed by atoms with van der Waals surface area (Å²) in [5.74, 6) is 1.65. The summed E-state index contributed by atoms with van der Waals surface area (Å²) in [4.78, 5) is 4.35. The van der Waals surface area contributed by atoms with Gasteiger partial charge in [-0.05, 0) is 49.1 Å². The molecule has 2 aromatic carbocycles. The molecule has 1 heterocycles. The molecule has 182 valence electrons. The SMILES string of the molecule is CN=C(NCc1ccc(NCCOC)cc1)NCc1ccc(C)cc1OCC1CCCO1.I. The Labute approximate surface area is 214 Å². The zero-order valence-corrected chi connectivity index (χ0v) is 22.2. The Kier molecular flexibility index (Phi) is 12.3. The number of methoxy groups -OCH3 is 1. The molecule has 8 heteroatoms. The minimum atomic E-state index is 0. The van der Waals surface area contributed by atoms with Gasteiger partial charge in [0.2, 0.25) is 0 Å². The van der Waals surface area contributed by atoms with E-state index in [-0.39, 0.29) is 30.1 Å². The summed E-state index contributed by atoms with van der Waals surface area (Å²) >= 11 is 0. The molecule has 0 spiro atoms. The minimum Gasteiger partial charge on any atom is -0.491 e. The monoisotopic (exact) mass is 568 g/mol. The molecular weight excluding hydrogens is 531 g/mol. The van der Waals surface area contributed by atoms with Gasteiger partial charge in [-0.15, -0.1) is 24.0 Å². The van der Waals surface area contributed by atoms with E-state index in [1.54, 1.807) is 14.2 Å². The lowest BCUT2D eigenvalue weighted by atomic mass is 10.1. The van der Waals surface area contributed by atoms with Crippen molar-refractivity contribution in [2.24, 2.45) is 4.99 Å². The summed E-state index contributed by atoms with van der Waals surface area (Å²) < 4.78 is 16.9. The van der Waals surface area contributed by atoms with Crippen LogP contribution in [0.15, 0.2) is 47.5 Å². The van der Waals surface area contributed by atoms with Crippen molar-refractivity contribution in [1.82, 2.24) is 10.6 Å². The predicted molar refractivity (Wildman–Crippen MR) is 145 cm³/mol. The number of nitrogens with one attached hydrogen (secondary N) is 3. The summed E-state index contributed by atoms with van der Waals surface area (Å²) in [7, 11) is 3.48. The van der Waals surface area contributed by atoms with Crippen molar-refractivity contribution in [3.8, 4) is 5.75 Å². The van der Waals surface area contributed by atoms with Crippen LogP contribution in [0.3, 0.4) is 0 Å². The van der Waals surface area contributed by atoms with Crippen LogP contribution in [-0.2, 0) is 22.6 Å². The maximum absolute atomic E-state index is 6.10. The van der Waals surface area contributed by atoms with Crippen LogP contribution in [0.1, 0.15) is 29.5 Å². The van der Waals surface area contributed by atoms with Gasteiger partial charge in [0, 0.05) is 51.6 Å². The minimum absolute atomic E-state index is 0. The number of hydrogen-bond acceptors (Lipinski definition) is 5. The molecular formula is C25H37IN4O3. The number of anilines is 1. The van der Waals surface area contributed by atoms with Gasteiger partial charge in [-0.2, -0.15) is 0 Å². The van der Waals surface area contributed by atoms with Gasteiger partial charge in [-0.1, -0.05) is 24.3 Å². The van der Waals surface area contributed by atoms with Crippen LogP contribution in [0.25, 0.3) is 0 Å². The van der Waals surface area contributed by atoms with E-state index in [4.69, 9.17) is 14.2 Å². The van der Waals surface area contributed by atoms with Gasteiger partial charge in [-0.25, -0.2) is 0 Å². The smallest absolute Gasteiger partial charge is 0.191 e. The van der Waals surface area contributed by atoms with E-state index < -0.39 is 0 Å². The molecule has 3 rings (SSSR count). The Balaban J connectivity index is 0.00000385. The number of aryl methyl sites for hydroxylation is 1. The zero-order valence-electron chi connectivity index (χ0n) is 19.9. The molecule has 0 amide bonds. The molecule has 1 aliphatic rings. The second-order valence-corrected chi connectivity index (χ2v) is 7.95. The molecule has 7 nitrogen and oxygen atoms in total. The van der Waals surface area contributed by atoms with E-state index in [0.717, 1.165) is 49.0 Å². The summed E-state index contributed by atoms with van der Waals surface area (Å²) in [6, 6.07) is 14.7. The Morgan fingerprint density at radius 1 is 1.12 bits per heavy atom. The second-order valence-electron chi connectivity index (χ2n) is 7.95. The average molecular weight is 569 g/mol. The van der Waals surface area contributed by atoms with Crippen LogP contribution >= 0.6 is 24.0 Å².